The number of fused-ring (bicyclic) bond motifs is 1. The number of carbonyl (C=O) groups is 1. The summed E-state index contributed by atoms with van der Waals surface area (Å²) in [7, 11) is 1.46. The van der Waals surface area contributed by atoms with Gasteiger partial charge in [-0.05, 0) is 50.9 Å². The molecule has 0 radical (unpaired) electrons. The second kappa shape index (κ2) is 12.5. The van der Waals surface area contributed by atoms with E-state index in [0.29, 0.717) is 5.82 Å². The number of amides is 1. The number of guanidine groups is 1. The lowest BCUT2D eigenvalue weighted by Gasteiger charge is -2.33. The van der Waals surface area contributed by atoms with E-state index < -0.39 is 0 Å². The molecule has 32 heavy (non-hydrogen) atoms. The minimum atomic E-state index is -0.287. The summed E-state index contributed by atoms with van der Waals surface area (Å²) in [6.07, 6.45) is 4.09. The molecule has 1 aromatic carbocycles. The molecule has 0 aliphatic heterocycles. The first-order chi connectivity index (χ1) is 14.4. The zero-order valence-electron chi connectivity index (χ0n) is 18.8. The molecule has 1 aliphatic rings. The maximum absolute atomic E-state index is 12.6. The largest absolute Gasteiger partial charge is 0.396 e. The smallest absolute Gasteiger partial charge is 0.289 e. The molecule has 1 saturated carbocycles. The summed E-state index contributed by atoms with van der Waals surface area (Å²) in [4.78, 5) is 26.4. The van der Waals surface area contributed by atoms with Crippen molar-refractivity contribution in [1.82, 2.24) is 20.6 Å². The molecule has 9 nitrogen and oxygen atoms in total. The van der Waals surface area contributed by atoms with E-state index in [9.17, 15) is 4.79 Å². The Morgan fingerprint density at radius 3 is 2.53 bits per heavy atom. The first kappa shape index (κ1) is 27.5. The zero-order valence-corrected chi connectivity index (χ0v) is 20.5. The number of nitrogens with two attached hydrogens (primary N) is 1. The number of nitrogens with zero attached hydrogens (tertiary/aromatic N) is 3. The first-order valence-electron chi connectivity index (χ1n) is 10.4. The third-order valence-electron chi connectivity index (χ3n) is 5.09. The van der Waals surface area contributed by atoms with Gasteiger partial charge in [-0.3, -0.25) is 4.79 Å². The summed E-state index contributed by atoms with van der Waals surface area (Å²) in [6.45, 7) is 5.84. The fraction of sp³-hybridized carbons (Fsp3) is 0.524. The lowest BCUT2D eigenvalue weighted by molar-refractivity contribution is 0.0933. The molecular weight excluding hydrogens is 453 g/mol. The van der Waals surface area contributed by atoms with Crippen molar-refractivity contribution in [3.8, 4) is 0 Å². The van der Waals surface area contributed by atoms with Crippen molar-refractivity contribution in [2.45, 2.75) is 64.6 Å². The van der Waals surface area contributed by atoms with Crippen molar-refractivity contribution in [2.75, 3.05) is 12.4 Å². The molecule has 3 rings (SSSR count). The Morgan fingerprint density at radius 1 is 1.19 bits per heavy atom. The van der Waals surface area contributed by atoms with Crippen molar-refractivity contribution in [3.05, 3.63) is 29.6 Å². The standard InChI is InChI=1S/C21H31N7O2.2ClH/c1-12(2)23-20(29)19-24-15-10-9-13(3)11-14(15)18(27-19)25-16-7-5-6-8-17(16)26-21(22)28-30-4;;/h9-12,16-17H,5-8H2,1-4H3,(H,23,29)(H3,22,26,28)(H,24,25,27);2*1H/t16-,17+;;/m0../s1. The zero-order chi connectivity index (χ0) is 21.7. The van der Waals surface area contributed by atoms with E-state index in [1.807, 2.05) is 39.0 Å². The fourth-order valence-electron chi connectivity index (χ4n) is 3.75. The Kier molecular flexibility index (Phi) is 10.7. The lowest BCUT2D eigenvalue weighted by atomic mass is 9.90. The van der Waals surface area contributed by atoms with Crippen molar-refractivity contribution >= 4 is 53.4 Å². The van der Waals surface area contributed by atoms with Crippen LogP contribution in [-0.2, 0) is 4.84 Å². The van der Waals surface area contributed by atoms with Gasteiger partial charge < -0.3 is 26.5 Å². The first-order valence-corrected chi connectivity index (χ1v) is 10.4. The average Bonchev–Trinajstić information content (AvgIpc) is 2.69. The van der Waals surface area contributed by atoms with Crippen molar-refractivity contribution < 1.29 is 9.63 Å². The van der Waals surface area contributed by atoms with E-state index in [2.05, 4.69) is 31.1 Å². The maximum Gasteiger partial charge on any atom is 0.289 e. The molecule has 1 aliphatic carbocycles. The van der Waals surface area contributed by atoms with Crippen LogP contribution in [0.25, 0.3) is 10.9 Å². The highest BCUT2D eigenvalue weighted by molar-refractivity contribution is 5.96. The number of aryl methyl sites for hydroxylation is 1. The summed E-state index contributed by atoms with van der Waals surface area (Å²) in [5, 5.41) is 14.3. The van der Waals surface area contributed by atoms with Gasteiger partial charge in [0.1, 0.15) is 12.9 Å². The highest BCUT2D eigenvalue weighted by atomic mass is 35.5. The Labute approximate surface area is 201 Å². The van der Waals surface area contributed by atoms with Gasteiger partial charge in [-0.25, -0.2) is 9.97 Å². The third kappa shape index (κ3) is 7.00. The van der Waals surface area contributed by atoms with E-state index in [-0.39, 0.29) is 60.6 Å². The number of oxime groups is 1. The van der Waals surface area contributed by atoms with Crippen LogP contribution in [0.4, 0.5) is 5.82 Å². The van der Waals surface area contributed by atoms with Crippen molar-refractivity contribution in [2.24, 2.45) is 10.9 Å². The van der Waals surface area contributed by atoms with E-state index >= 15 is 0 Å². The van der Waals surface area contributed by atoms with Gasteiger partial charge in [-0.2, -0.15) is 0 Å². The molecular formula is C21H33Cl2N7O2. The molecule has 0 unspecified atom stereocenters. The van der Waals surface area contributed by atoms with Gasteiger partial charge in [0.05, 0.1) is 5.52 Å². The Hall–Kier alpha value is -2.52. The van der Waals surface area contributed by atoms with Crippen LogP contribution in [0.2, 0.25) is 0 Å². The second-order valence-corrected chi connectivity index (χ2v) is 7.99. The van der Waals surface area contributed by atoms with Gasteiger partial charge in [0.2, 0.25) is 11.8 Å². The Morgan fingerprint density at radius 2 is 1.88 bits per heavy atom. The molecule has 2 atom stereocenters. The van der Waals surface area contributed by atoms with Crippen LogP contribution < -0.4 is 21.7 Å². The van der Waals surface area contributed by atoms with E-state index in [1.165, 1.54) is 7.11 Å². The molecule has 178 valence electrons. The number of anilines is 1. The Balaban J connectivity index is 0.00000256. The van der Waals surface area contributed by atoms with Gasteiger partial charge in [-0.1, -0.05) is 24.5 Å². The number of hydrogen-bond donors (Lipinski definition) is 4. The van der Waals surface area contributed by atoms with E-state index in [4.69, 9.17) is 10.6 Å². The molecule has 2 aromatic rings. The molecule has 0 saturated heterocycles. The third-order valence-corrected chi connectivity index (χ3v) is 5.09. The van der Waals surface area contributed by atoms with Crippen LogP contribution in [0.15, 0.2) is 23.4 Å². The Bertz CT molecular complexity index is 940. The number of halogens is 2. The maximum atomic E-state index is 12.6. The van der Waals surface area contributed by atoms with Gasteiger partial charge in [0.15, 0.2) is 0 Å². The molecule has 0 spiro atoms. The van der Waals surface area contributed by atoms with Crippen LogP contribution in [-0.4, -0.2) is 47.1 Å². The van der Waals surface area contributed by atoms with Gasteiger partial charge in [-0.15, -0.1) is 24.8 Å². The topological polar surface area (TPSA) is 127 Å². The minimum absolute atomic E-state index is 0. The molecule has 1 amide bonds. The molecule has 11 heteroatoms. The lowest BCUT2D eigenvalue weighted by Crippen LogP contribution is -2.51. The SMILES string of the molecule is CO/N=C(/N)N[C@@H]1CCCC[C@@H]1Nc1nc(C(=O)NC(C)C)nc2ccc(C)cc12.Cl.Cl. The van der Waals surface area contributed by atoms with Crippen molar-refractivity contribution in [3.63, 3.8) is 0 Å². The fourth-order valence-corrected chi connectivity index (χ4v) is 3.75. The average molecular weight is 486 g/mol. The molecule has 0 bridgehead atoms. The van der Waals surface area contributed by atoms with E-state index in [0.717, 1.165) is 42.1 Å². The van der Waals surface area contributed by atoms with Crippen LogP contribution in [0.3, 0.4) is 0 Å². The molecule has 1 aromatic heterocycles. The predicted molar refractivity (Wildman–Crippen MR) is 133 cm³/mol. The monoisotopic (exact) mass is 485 g/mol. The number of nitrogens with one attached hydrogen (secondary N) is 3. The predicted octanol–water partition coefficient (Wildman–Crippen LogP) is 3.11. The van der Waals surface area contributed by atoms with Crippen molar-refractivity contribution in [1.29, 1.82) is 0 Å². The second-order valence-electron chi connectivity index (χ2n) is 7.99. The summed E-state index contributed by atoms with van der Waals surface area (Å²) in [5.41, 5.74) is 7.73. The summed E-state index contributed by atoms with van der Waals surface area (Å²) < 4.78 is 0. The normalized spacial score (nSPS) is 18.3. The number of hydrogen-bond acceptors (Lipinski definition) is 6. The molecule has 1 fully saturated rings. The minimum Gasteiger partial charge on any atom is -0.396 e. The highest BCUT2D eigenvalue weighted by Crippen LogP contribution is 2.27. The van der Waals surface area contributed by atoms with Gasteiger partial charge >= 0.3 is 0 Å². The number of benzene rings is 1. The summed E-state index contributed by atoms with van der Waals surface area (Å²) in [6, 6.07) is 6.08. The number of aromatic nitrogens is 2. The summed E-state index contributed by atoms with van der Waals surface area (Å²) >= 11 is 0. The molecule has 5 N–H and O–H groups in total. The van der Waals surface area contributed by atoms with E-state index in [1.54, 1.807) is 0 Å². The molecule has 1 heterocycles. The summed E-state index contributed by atoms with van der Waals surface area (Å²) in [5.74, 6) is 0.767. The number of carbonyl (C=O) groups excluding carboxylic acids is 1. The highest BCUT2D eigenvalue weighted by Gasteiger charge is 2.27. The van der Waals surface area contributed by atoms with Crippen LogP contribution in [0.5, 0.6) is 0 Å². The van der Waals surface area contributed by atoms with Gasteiger partial charge in [0, 0.05) is 23.5 Å². The van der Waals surface area contributed by atoms with Crippen LogP contribution in [0, 0.1) is 6.92 Å². The van der Waals surface area contributed by atoms with Crippen LogP contribution in [0.1, 0.15) is 55.7 Å². The quantitative estimate of drug-likeness (QED) is 0.281. The van der Waals surface area contributed by atoms with Gasteiger partial charge in [0.25, 0.3) is 5.91 Å². The number of rotatable bonds is 6. The van der Waals surface area contributed by atoms with Crippen LogP contribution >= 0.6 is 24.8 Å².